The average molecular weight is 246 g/mol. The van der Waals surface area contributed by atoms with Gasteiger partial charge < -0.3 is 14.6 Å². The molecule has 0 aliphatic carbocycles. The Morgan fingerprint density at radius 3 is 2.61 bits per heavy atom. The molecule has 18 heavy (non-hydrogen) atoms. The van der Waals surface area contributed by atoms with Gasteiger partial charge in [0.2, 0.25) is 0 Å². The zero-order valence-corrected chi connectivity index (χ0v) is 10.2. The highest BCUT2D eigenvalue weighted by atomic mass is 16.4. The van der Waals surface area contributed by atoms with Crippen LogP contribution in [-0.4, -0.2) is 10.2 Å². The van der Waals surface area contributed by atoms with E-state index >= 15 is 0 Å². The van der Waals surface area contributed by atoms with E-state index in [1.165, 1.54) is 12.1 Å². The summed E-state index contributed by atoms with van der Waals surface area (Å²) in [6, 6.07) is 6.00. The van der Waals surface area contributed by atoms with Crippen LogP contribution in [0, 0.1) is 0 Å². The molecule has 1 aromatic carbocycles. The van der Waals surface area contributed by atoms with Gasteiger partial charge in [0.05, 0.1) is 5.56 Å². The monoisotopic (exact) mass is 246 g/mol. The number of fused-ring (bicyclic) bond motifs is 1. The van der Waals surface area contributed by atoms with E-state index in [1.807, 2.05) is 13.8 Å². The minimum Gasteiger partial charge on any atom is -0.507 e. The van der Waals surface area contributed by atoms with Gasteiger partial charge in [-0.1, -0.05) is 11.6 Å². The molecule has 4 heteroatoms. The van der Waals surface area contributed by atoms with Crippen LogP contribution in [-0.2, 0) is 0 Å². The maximum atomic E-state index is 11.2. The Balaban J connectivity index is 2.75. The van der Waals surface area contributed by atoms with E-state index in [2.05, 4.69) is 0 Å². The number of phenols is 1. The van der Waals surface area contributed by atoms with Gasteiger partial charge in [0, 0.05) is 11.5 Å². The molecular formula is C14H14O4. The Morgan fingerprint density at radius 2 is 1.94 bits per heavy atom. The van der Waals surface area contributed by atoms with E-state index in [1.54, 1.807) is 18.2 Å². The highest BCUT2D eigenvalue weighted by Crippen LogP contribution is 2.32. The molecule has 1 heterocycles. The van der Waals surface area contributed by atoms with E-state index in [9.17, 15) is 15.0 Å². The topological polar surface area (TPSA) is 70.7 Å². The van der Waals surface area contributed by atoms with Gasteiger partial charge in [-0.2, -0.15) is 0 Å². The van der Waals surface area contributed by atoms with Gasteiger partial charge in [0.1, 0.15) is 17.4 Å². The molecule has 0 saturated heterocycles. The molecule has 2 N–H and O–H groups in total. The number of aliphatic hydroxyl groups excluding tert-OH is 1. The summed E-state index contributed by atoms with van der Waals surface area (Å²) in [5.41, 5.74) is 0.815. The lowest BCUT2D eigenvalue weighted by atomic mass is 10.0. The molecule has 0 bridgehead atoms. The van der Waals surface area contributed by atoms with Crippen LogP contribution in [0.5, 0.6) is 5.75 Å². The summed E-state index contributed by atoms with van der Waals surface area (Å²) in [5.74, 6) is -0.0955. The molecule has 0 aliphatic rings. The zero-order chi connectivity index (χ0) is 13.3. The van der Waals surface area contributed by atoms with E-state index in [0.717, 1.165) is 5.57 Å². The van der Waals surface area contributed by atoms with Crippen molar-refractivity contribution in [2.45, 2.75) is 20.0 Å². The summed E-state index contributed by atoms with van der Waals surface area (Å²) in [4.78, 5) is 11.2. The third-order valence-corrected chi connectivity index (χ3v) is 2.59. The molecule has 0 aliphatic heterocycles. The molecular weight excluding hydrogens is 232 g/mol. The number of benzene rings is 1. The first-order valence-electron chi connectivity index (χ1n) is 5.58. The quantitative estimate of drug-likeness (QED) is 0.631. The van der Waals surface area contributed by atoms with Crippen LogP contribution in [0.2, 0.25) is 0 Å². The molecule has 1 unspecified atom stereocenters. The minimum absolute atomic E-state index is 0.0955. The predicted molar refractivity (Wildman–Crippen MR) is 68.5 cm³/mol. The molecule has 0 radical (unpaired) electrons. The number of rotatable bonds is 2. The van der Waals surface area contributed by atoms with E-state index in [0.29, 0.717) is 5.39 Å². The second-order valence-electron chi connectivity index (χ2n) is 4.36. The number of allylic oxidation sites excluding steroid dienone is 1. The number of hydrogen-bond acceptors (Lipinski definition) is 4. The number of hydrogen-bond donors (Lipinski definition) is 2. The van der Waals surface area contributed by atoms with Gasteiger partial charge in [-0.05, 0) is 32.0 Å². The van der Waals surface area contributed by atoms with Gasteiger partial charge in [0.15, 0.2) is 0 Å². The van der Waals surface area contributed by atoms with Crippen LogP contribution in [0.3, 0.4) is 0 Å². The molecule has 4 nitrogen and oxygen atoms in total. The maximum Gasteiger partial charge on any atom is 0.336 e. The second kappa shape index (κ2) is 4.66. The molecule has 2 aromatic rings. The molecule has 0 saturated carbocycles. The fraction of sp³-hybridized carbons (Fsp3) is 0.214. The standard InChI is InChI=1S/C14H14O4/c1-8(2)7-11(16)13-10(15)5-3-9-4-6-12(17)18-14(9)13/h3-7,11,15-16H,1-2H3. The van der Waals surface area contributed by atoms with Gasteiger partial charge in [0.25, 0.3) is 0 Å². The van der Waals surface area contributed by atoms with Crippen LogP contribution >= 0.6 is 0 Å². The second-order valence-corrected chi connectivity index (χ2v) is 4.36. The first-order valence-corrected chi connectivity index (χ1v) is 5.58. The van der Waals surface area contributed by atoms with Crippen molar-refractivity contribution >= 4 is 11.0 Å². The van der Waals surface area contributed by atoms with Crippen LogP contribution in [0.1, 0.15) is 25.5 Å². The Morgan fingerprint density at radius 1 is 1.28 bits per heavy atom. The van der Waals surface area contributed by atoms with Crippen molar-refractivity contribution in [1.29, 1.82) is 0 Å². The molecule has 0 spiro atoms. The van der Waals surface area contributed by atoms with E-state index in [4.69, 9.17) is 4.42 Å². The summed E-state index contributed by atoms with van der Waals surface area (Å²) < 4.78 is 5.07. The lowest BCUT2D eigenvalue weighted by molar-refractivity contribution is 0.222. The summed E-state index contributed by atoms with van der Waals surface area (Å²) in [6.45, 7) is 3.67. The molecule has 94 valence electrons. The van der Waals surface area contributed by atoms with Crippen molar-refractivity contribution < 1.29 is 14.6 Å². The van der Waals surface area contributed by atoms with E-state index in [-0.39, 0.29) is 16.9 Å². The van der Waals surface area contributed by atoms with Crippen LogP contribution in [0.4, 0.5) is 0 Å². The van der Waals surface area contributed by atoms with Crippen molar-refractivity contribution in [2.24, 2.45) is 0 Å². The SMILES string of the molecule is CC(C)=CC(O)c1c(O)ccc2ccc(=O)oc12. The number of phenolic OH excluding ortho intramolecular Hbond substituents is 1. The van der Waals surface area contributed by atoms with E-state index < -0.39 is 11.7 Å². The lowest BCUT2D eigenvalue weighted by Crippen LogP contribution is -2.01. The number of aromatic hydroxyl groups is 1. The molecule has 1 atom stereocenters. The average Bonchev–Trinajstić information content (AvgIpc) is 2.27. The lowest BCUT2D eigenvalue weighted by Gasteiger charge is -2.11. The smallest absolute Gasteiger partial charge is 0.336 e. The highest BCUT2D eigenvalue weighted by molar-refractivity contribution is 5.82. The van der Waals surface area contributed by atoms with Gasteiger partial charge >= 0.3 is 5.63 Å². The molecule has 1 aromatic heterocycles. The van der Waals surface area contributed by atoms with Crippen molar-refractivity contribution in [2.75, 3.05) is 0 Å². The number of aliphatic hydroxyl groups is 1. The van der Waals surface area contributed by atoms with Crippen molar-refractivity contribution in [3.8, 4) is 5.75 Å². The predicted octanol–water partition coefficient (Wildman–Crippen LogP) is 2.50. The maximum absolute atomic E-state index is 11.2. The van der Waals surface area contributed by atoms with Crippen LogP contribution in [0.15, 0.2) is 45.1 Å². The Bertz CT molecular complexity index is 663. The highest BCUT2D eigenvalue weighted by Gasteiger charge is 2.16. The third kappa shape index (κ3) is 2.28. The van der Waals surface area contributed by atoms with Gasteiger partial charge in [-0.25, -0.2) is 4.79 Å². The van der Waals surface area contributed by atoms with Crippen molar-refractivity contribution in [3.63, 3.8) is 0 Å². The Hall–Kier alpha value is -2.07. The zero-order valence-electron chi connectivity index (χ0n) is 10.2. The van der Waals surface area contributed by atoms with Crippen LogP contribution in [0.25, 0.3) is 11.0 Å². The first-order chi connectivity index (χ1) is 8.49. The molecule has 0 fully saturated rings. The molecule has 0 amide bonds. The van der Waals surface area contributed by atoms with Crippen molar-refractivity contribution in [1.82, 2.24) is 0 Å². The fourth-order valence-corrected chi connectivity index (χ4v) is 1.83. The normalized spacial score (nSPS) is 12.4. The van der Waals surface area contributed by atoms with Crippen molar-refractivity contribution in [3.05, 3.63) is 51.9 Å². The summed E-state index contributed by atoms with van der Waals surface area (Å²) in [5, 5.41) is 20.5. The fourth-order valence-electron chi connectivity index (χ4n) is 1.83. The minimum atomic E-state index is -1.01. The molecule has 2 rings (SSSR count). The largest absolute Gasteiger partial charge is 0.507 e. The van der Waals surface area contributed by atoms with Gasteiger partial charge in [-0.15, -0.1) is 0 Å². The third-order valence-electron chi connectivity index (χ3n) is 2.59. The summed E-state index contributed by atoms with van der Waals surface area (Å²) in [7, 11) is 0. The Kier molecular flexibility index (Phi) is 3.21. The van der Waals surface area contributed by atoms with Crippen LogP contribution < -0.4 is 5.63 Å². The Labute approximate surface area is 104 Å². The first kappa shape index (κ1) is 12.4. The van der Waals surface area contributed by atoms with Gasteiger partial charge in [-0.3, -0.25) is 0 Å². The summed E-state index contributed by atoms with van der Waals surface area (Å²) >= 11 is 0. The summed E-state index contributed by atoms with van der Waals surface area (Å²) in [6.07, 6.45) is 0.575.